The number of ether oxygens (including phenoxy) is 1. The van der Waals surface area contributed by atoms with Crippen LogP contribution in [0.15, 0.2) is 78.9 Å². The zero-order chi connectivity index (χ0) is 34.6. The SMILES string of the molecule is CC(C)C[C@H](NC(=O)N1CCCCCC1)C(=O)N[C@@H](Cc1ccc(OCc2ccccc2)cc1)C(=O)N1CCN(c2ccc(F)cc2)CC1. The molecule has 2 aliphatic heterocycles. The minimum atomic E-state index is -0.828. The molecule has 3 aromatic carbocycles. The van der Waals surface area contributed by atoms with Crippen molar-refractivity contribution in [1.82, 2.24) is 20.4 Å². The molecule has 0 bridgehead atoms. The monoisotopic (exact) mass is 671 g/mol. The molecule has 0 unspecified atom stereocenters. The van der Waals surface area contributed by atoms with Gasteiger partial charge in [0.2, 0.25) is 11.8 Å². The first-order chi connectivity index (χ1) is 23.7. The number of hydrogen-bond donors (Lipinski definition) is 2. The number of urea groups is 1. The second-order valence-corrected chi connectivity index (χ2v) is 13.5. The van der Waals surface area contributed by atoms with Crippen LogP contribution in [0.2, 0.25) is 0 Å². The van der Waals surface area contributed by atoms with Crippen molar-refractivity contribution in [2.24, 2.45) is 5.92 Å². The Morgan fingerprint density at radius 1 is 0.714 bits per heavy atom. The van der Waals surface area contributed by atoms with Crippen LogP contribution in [0.3, 0.4) is 0 Å². The molecule has 10 heteroatoms. The standard InChI is InChI=1S/C39H50FN5O4/c1-29(2)26-35(42-39(48)45-20-8-3-4-9-21-45)37(46)41-36(27-30-12-18-34(19-13-30)49-28-31-10-6-5-7-11-31)38(47)44-24-22-43(23-25-44)33-16-14-32(40)15-17-33/h5-7,10-19,29,35-36H,3-4,8-9,20-28H2,1-2H3,(H,41,46)(H,42,48)/t35-,36-/m0/s1. The summed E-state index contributed by atoms with van der Waals surface area (Å²) >= 11 is 0. The number of rotatable bonds is 12. The number of nitrogens with zero attached hydrogens (tertiary/aromatic N) is 3. The highest BCUT2D eigenvalue weighted by atomic mass is 19.1. The van der Waals surface area contributed by atoms with Crippen molar-refractivity contribution in [3.8, 4) is 5.75 Å². The van der Waals surface area contributed by atoms with Crippen LogP contribution in [0.25, 0.3) is 0 Å². The zero-order valence-corrected chi connectivity index (χ0v) is 28.8. The minimum Gasteiger partial charge on any atom is -0.489 e. The van der Waals surface area contributed by atoms with Crippen LogP contribution < -0.4 is 20.3 Å². The van der Waals surface area contributed by atoms with Gasteiger partial charge >= 0.3 is 6.03 Å². The average Bonchev–Trinajstić information content (AvgIpc) is 3.41. The summed E-state index contributed by atoms with van der Waals surface area (Å²) in [6.45, 7) is 7.95. The Bertz CT molecular complexity index is 1490. The maximum Gasteiger partial charge on any atom is 0.318 e. The van der Waals surface area contributed by atoms with Crippen LogP contribution >= 0.6 is 0 Å². The Kier molecular flexibility index (Phi) is 12.9. The lowest BCUT2D eigenvalue weighted by molar-refractivity contribution is -0.137. The van der Waals surface area contributed by atoms with Crippen LogP contribution in [0.4, 0.5) is 14.9 Å². The highest BCUT2D eigenvalue weighted by molar-refractivity contribution is 5.92. The summed E-state index contributed by atoms with van der Waals surface area (Å²) in [6, 6.07) is 22.1. The number of carbonyl (C=O) groups excluding carboxylic acids is 3. The number of benzene rings is 3. The molecule has 0 spiro atoms. The maximum absolute atomic E-state index is 14.1. The van der Waals surface area contributed by atoms with Crippen molar-refractivity contribution in [1.29, 1.82) is 0 Å². The van der Waals surface area contributed by atoms with Crippen molar-refractivity contribution in [2.45, 2.75) is 71.1 Å². The van der Waals surface area contributed by atoms with Gasteiger partial charge in [-0.1, -0.05) is 69.2 Å². The van der Waals surface area contributed by atoms with E-state index in [1.54, 1.807) is 21.9 Å². The molecule has 4 amide bonds. The van der Waals surface area contributed by atoms with Crippen molar-refractivity contribution in [2.75, 3.05) is 44.2 Å². The summed E-state index contributed by atoms with van der Waals surface area (Å²) in [5.41, 5.74) is 2.85. The van der Waals surface area contributed by atoms with Gasteiger partial charge in [-0.2, -0.15) is 0 Å². The van der Waals surface area contributed by atoms with Crippen LogP contribution in [0.1, 0.15) is 57.1 Å². The van der Waals surface area contributed by atoms with Gasteiger partial charge in [0.15, 0.2) is 0 Å². The molecule has 0 saturated carbocycles. The smallest absolute Gasteiger partial charge is 0.318 e. The van der Waals surface area contributed by atoms with Crippen LogP contribution in [-0.2, 0) is 22.6 Å². The van der Waals surface area contributed by atoms with E-state index in [9.17, 15) is 18.8 Å². The van der Waals surface area contributed by atoms with E-state index >= 15 is 0 Å². The highest BCUT2D eigenvalue weighted by Gasteiger charge is 2.32. The fourth-order valence-corrected chi connectivity index (χ4v) is 6.45. The van der Waals surface area contributed by atoms with E-state index < -0.39 is 12.1 Å². The zero-order valence-electron chi connectivity index (χ0n) is 28.8. The lowest BCUT2D eigenvalue weighted by Gasteiger charge is -2.38. The molecule has 2 N–H and O–H groups in total. The molecule has 262 valence electrons. The maximum atomic E-state index is 14.1. The summed E-state index contributed by atoms with van der Waals surface area (Å²) < 4.78 is 19.5. The molecule has 9 nitrogen and oxygen atoms in total. The Labute approximate surface area is 289 Å². The summed E-state index contributed by atoms with van der Waals surface area (Å²) in [5, 5.41) is 6.05. The highest BCUT2D eigenvalue weighted by Crippen LogP contribution is 2.20. The summed E-state index contributed by atoms with van der Waals surface area (Å²) in [6.07, 6.45) is 4.85. The molecule has 2 atom stereocenters. The van der Waals surface area contributed by atoms with Crippen molar-refractivity contribution in [3.63, 3.8) is 0 Å². The normalized spacial score (nSPS) is 16.4. The molecule has 49 heavy (non-hydrogen) atoms. The largest absolute Gasteiger partial charge is 0.489 e. The predicted molar refractivity (Wildman–Crippen MR) is 190 cm³/mol. The van der Waals surface area contributed by atoms with Crippen molar-refractivity contribution in [3.05, 3.63) is 95.8 Å². The third-order valence-corrected chi connectivity index (χ3v) is 9.22. The number of anilines is 1. The second-order valence-electron chi connectivity index (χ2n) is 13.5. The molecule has 2 aliphatic rings. The van der Waals surface area contributed by atoms with E-state index in [1.165, 1.54) is 12.1 Å². The van der Waals surface area contributed by atoms with Gasteiger partial charge in [0.1, 0.15) is 30.3 Å². The van der Waals surface area contributed by atoms with Crippen LogP contribution in [0, 0.1) is 11.7 Å². The predicted octanol–water partition coefficient (Wildman–Crippen LogP) is 5.78. The number of amides is 4. The number of hydrogen-bond acceptors (Lipinski definition) is 5. The fraction of sp³-hybridized carbons (Fsp3) is 0.462. The first kappa shape index (κ1) is 35.7. The Morgan fingerprint density at radius 2 is 1.37 bits per heavy atom. The average molecular weight is 672 g/mol. The lowest BCUT2D eigenvalue weighted by Crippen LogP contribution is -2.59. The van der Waals surface area contributed by atoms with E-state index in [4.69, 9.17) is 4.74 Å². The summed E-state index contributed by atoms with van der Waals surface area (Å²) in [4.78, 5) is 47.0. The Morgan fingerprint density at radius 3 is 2.00 bits per heavy atom. The number of piperazine rings is 1. The fourth-order valence-electron chi connectivity index (χ4n) is 6.45. The molecule has 2 saturated heterocycles. The van der Waals surface area contributed by atoms with Crippen molar-refractivity contribution >= 4 is 23.5 Å². The van der Waals surface area contributed by atoms with Crippen LogP contribution in [-0.4, -0.2) is 79.0 Å². The number of likely N-dealkylation sites (tertiary alicyclic amines) is 1. The van der Waals surface area contributed by atoms with Gasteiger partial charge in [-0.05, 0) is 72.7 Å². The number of halogens is 1. The van der Waals surface area contributed by atoms with E-state index in [-0.39, 0.29) is 36.0 Å². The van der Waals surface area contributed by atoms with Gasteiger partial charge < -0.3 is 30.1 Å². The van der Waals surface area contributed by atoms with E-state index in [1.807, 2.05) is 68.4 Å². The van der Waals surface area contributed by atoms with Crippen molar-refractivity contribution < 1.29 is 23.5 Å². The second kappa shape index (κ2) is 17.7. The number of carbonyl (C=O) groups is 3. The molecule has 5 rings (SSSR count). The summed E-state index contributed by atoms with van der Waals surface area (Å²) in [5.74, 6) is 0.0499. The van der Waals surface area contributed by atoms with Gasteiger partial charge in [-0.3, -0.25) is 9.59 Å². The summed E-state index contributed by atoms with van der Waals surface area (Å²) in [7, 11) is 0. The van der Waals surface area contributed by atoms with E-state index in [0.29, 0.717) is 58.0 Å². The topological polar surface area (TPSA) is 94.2 Å². The molecule has 0 aliphatic carbocycles. The van der Waals surface area contributed by atoms with Crippen LogP contribution in [0.5, 0.6) is 5.75 Å². The quantitative estimate of drug-likeness (QED) is 0.255. The van der Waals surface area contributed by atoms with Gasteiger partial charge in [-0.25, -0.2) is 9.18 Å². The first-order valence-corrected chi connectivity index (χ1v) is 17.7. The Hall–Kier alpha value is -4.60. The molecule has 0 radical (unpaired) electrons. The van der Waals surface area contributed by atoms with Gasteiger partial charge in [0.05, 0.1) is 0 Å². The van der Waals surface area contributed by atoms with Gasteiger partial charge in [-0.15, -0.1) is 0 Å². The first-order valence-electron chi connectivity index (χ1n) is 17.7. The third-order valence-electron chi connectivity index (χ3n) is 9.22. The number of nitrogens with one attached hydrogen (secondary N) is 2. The minimum absolute atomic E-state index is 0.150. The molecular weight excluding hydrogens is 621 g/mol. The third kappa shape index (κ3) is 10.7. The Balaban J connectivity index is 1.28. The molecule has 0 aromatic heterocycles. The lowest BCUT2D eigenvalue weighted by atomic mass is 10.0. The van der Waals surface area contributed by atoms with Gasteiger partial charge in [0, 0.05) is 51.4 Å². The van der Waals surface area contributed by atoms with Gasteiger partial charge in [0.25, 0.3) is 0 Å². The molecule has 3 aromatic rings. The molecule has 2 fully saturated rings. The van der Waals surface area contributed by atoms with E-state index in [2.05, 4.69) is 15.5 Å². The van der Waals surface area contributed by atoms with E-state index in [0.717, 1.165) is 42.5 Å². The molecule has 2 heterocycles. The molecular formula is C39H50FN5O4.